The maximum Gasteiger partial charge on any atom is 0.416 e. The van der Waals surface area contributed by atoms with E-state index in [1.165, 1.54) is 23.5 Å². The van der Waals surface area contributed by atoms with Crippen molar-refractivity contribution < 1.29 is 13.2 Å². The van der Waals surface area contributed by atoms with E-state index in [2.05, 4.69) is 4.98 Å². The third kappa shape index (κ3) is 3.81. The van der Waals surface area contributed by atoms with Gasteiger partial charge in [-0.15, -0.1) is 22.9 Å². The van der Waals surface area contributed by atoms with Gasteiger partial charge in [0.25, 0.3) is 0 Å². The van der Waals surface area contributed by atoms with Gasteiger partial charge in [-0.2, -0.15) is 13.2 Å². The minimum Gasteiger partial charge on any atom is -0.240 e. The highest BCUT2D eigenvalue weighted by molar-refractivity contribution is 7.10. The number of nitrogens with zero attached hydrogens (tertiary/aromatic N) is 1. The van der Waals surface area contributed by atoms with Gasteiger partial charge in [-0.3, -0.25) is 0 Å². The van der Waals surface area contributed by atoms with E-state index in [4.69, 9.17) is 11.6 Å². The fourth-order valence-corrected chi connectivity index (χ4v) is 2.35. The molecule has 0 unspecified atom stereocenters. The molecule has 0 fully saturated rings. The summed E-state index contributed by atoms with van der Waals surface area (Å²) in [6, 6.07) is 4.97. The number of hydrogen-bond donors (Lipinski definition) is 0. The second-order valence-corrected chi connectivity index (χ2v) is 4.92. The highest BCUT2D eigenvalue weighted by Gasteiger charge is 2.29. The van der Waals surface area contributed by atoms with Crippen LogP contribution in [0.15, 0.2) is 29.6 Å². The van der Waals surface area contributed by atoms with Crippen LogP contribution in [0.3, 0.4) is 0 Å². The van der Waals surface area contributed by atoms with Crippen LogP contribution in [0.5, 0.6) is 0 Å². The first-order valence-electron chi connectivity index (χ1n) is 5.35. The fourth-order valence-electron chi connectivity index (χ4n) is 1.41. The number of thiazole rings is 1. The molecular weight excluding hydrogens is 295 g/mol. The summed E-state index contributed by atoms with van der Waals surface area (Å²) in [4.78, 5) is 4.22. The van der Waals surface area contributed by atoms with Crippen molar-refractivity contribution in [2.45, 2.75) is 12.1 Å². The molecule has 0 atom stereocenters. The molecule has 0 amide bonds. The molecule has 0 aliphatic rings. The van der Waals surface area contributed by atoms with Crippen LogP contribution in [0, 0.1) is 0 Å². The maximum absolute atomic E-state index is 12.4. The molecule has 6 heteroatoms. The van der Waals surface area contributed by atoms with E-state index in [9.17, 15) is 13.2 Å². The summed E-state index contributed by atoms with van der Waals surface area (Å²) in [6.45, 7) is 0. The van der Waals surface area contributed by atoms with Crippen LogP contribution < -0.4 is 0 Å². The van der Waals surface area contributed by atoms with E-state index in [1.54, 1.807) is 12.2 Å². The Morgan fingerprint density at radius 2 is 1.84 bits per heavy atom. The molecule has 100 valence electrons. The van der Waals surface area contributed by atoms with Gasteiger partial charge in [-0.1, -0.05) is 18.2 Å². The zero-order chi connectivity index (χ0) is 13.9. The molecule has 0 N–H and O–H groups in total. The van der Waals surface area contributed by atoms with Crippen molar-refractivity contribution in [3.05, 3.63) is 51.5 Å². The number of benzene rings is 1. The molecule has 1 nitrogen and oxygen atoms in total. The first kappa shape index (κ1) is 14.1. The molecule has 0 saturated carbocycles. The molecule has 0 bridgehead atoms. The van der Waals surface area contributed by atoms with Crippen molar-refractivity contribution in [2.75, 3.05) is 0 Å². The largest absolute Gasteiger partial charge is 0.416 e. The number of aromatic nitrogens is 1. The summed E-state index contributed by atoms with van der Waals surface area (Å²) >= 11 is 7.07. The molecule has 2 rings (SSSR count). The molecule has 0 saturated heterocycles. The van der Waals surface area contributed by atoms with Crippen molar-refractivity contribution >= 4 is 35.1 Å². The molecule has 0 aliphatic carbocycles. The van der Waals surface area contributed by atoms with Gasteiger partial charge in [0, 0.05) is 5.38 Å². The van der Waals surface area contributed by atoms with Gasteiger partial charge < -0.3 is 0 Å². The monoisotopic (exact) mass is 303 g/mol. The fraction of sp³-hybridized carbons (Fsp3) is 0.154. The van der Waals surface area contributed by atoms with Crippen LogP contribution in [0.2, 0.25) is 0 Å². The van der Waals surface area contributed by atoms with Crippen molar-refractivity contribution in [1.29, 1.82) is 0 Å². The minimum atomic E-state index is -4.30. The number of halogens is 4. The second-order valence-electron chi connectivity index (χ2n) is 3.76. The molecule has 1 aromatic carbocycles. The SMILES string of the molecule is FC(F)(F)c1ccc(/C=C/c2nc(CCl)cs2)cc1. The van der Waals surface area contributed by atoms with Crippen molar-refractivity contribution in [1.82, 2.24) is 4.98 Å². The van der Waals surface area contributed by atoms with Gasteiger partial charge in [0.15, 0.2) is 0 Å². The highest BCUT2D eigenvalue weighted by Crippen LogP contribution is 2.29. The van der Waals surface area contributed by atoms with Gasteiger partial charge >= 0.3 is 6.18 Å². The van der Waals surface area contributed by atoms with Gasteiger partial charge in [0.2, 0.25) is 0 Å². The quantitative estimate of drug-likeness (QED) is 0.721. The Morgan fingerprint density at radius 1 is 1.16 bits per heavy atom. The Kier molecular flexibility index (Phi) is 4.27. The average Bonchev–Trinajstić information content (AvgIpc) is 2.84. The summed E-state index contributed by atoms with van der Waals surface area (Å²) in [5, 5.41) is 2.62. The van der Waals surface area contributed by atoms with Crippen LogP contribution in [0.25, 0.3) is 12.2 Å². The van der Waals surface area contributed by atoms with E-state index in [-0.39, 0.29) is 0 Å². The Morgan fingerprint density at radius 3 is 2.37 bits per heavy atom. The zero-order valence-corrected chi connectivity index (χ0v) is 11.2. The summed E-state index contributed by atoms with van der Waals surface area (Å²) in [6.07, 6.45) is -0.826. The second kappa shape index (κ2) is 5.75. The van der Waals surface area contributed by atoms with E-state index >= 15 is 0 Å². The average molecular weight is 304 g/mol. The lowest BCUT2D eigenvalue weighted by Crippen LogP contribution is -2.03. The molecule has 2 aromatic rings. The summed E-state index contributed by atoms with van der Waals surface area (Å²) in [5.41, 5.74) is 0.831. The third-order valence-electron chi connectivity index (χ3n) is 2.36. The molecule has 19 heavy (non-hydrogen) atoms. The lowest BCUT2D eigenvalue weighted by molar-refractivity contribution is -0.137. The molecule has 0 aliphatic heterocycles. The van der Waals surface area contributed by atoms with E-state index in [1.807, 2.05) is 5.38 Å². The zero-order valence-electron chi connectivity index (χ0n) is 9.62. The van der Waals surface area contributed by atoms with Gasteiger partial charge in [-0.05, 0) is 23.8 Å². The summed E-state index contributed by atoms with van der Waals surface area (Å²) < 4.78 is 37.1. The van der Waals surface area contributed by atoms with E-state index in [0.29, 0.717) is 11.4 Å². The summed E-state index contributed by atoms with van der Waals surface area (Å²) in [7, 11) is 0. The van der Waals surface area contributed by atoms with Crippen LogP contribution >= 0.6 is 22.9 Å². The number of rotatable bonds is 3. The van der Waals surface area contributed by atoms with Gasteiger partial charge in [0.1, 0.15) is 5.01 Å². The van der Waals surface area contributed by atoms with Crippen molar-refractivity contribution in [2.24, 2.45) is 0 Å². The standard InChI is InChI=1S/C13H9ClF3NS/c14-7-11-8-19-12(18-11)6-3-9-1-4-10(5-2-9)13(15,16)17/h1-6,8H,7H2/b6-3+. The Labute approximate surface area is 117 Å². The van der Waals surface area contributed by atoms with Gasteiger partial charge in [0.05, 0.1) is 17.1 Å². The lowest BCUT2D eigenvalue weighted by atomic mass is 10.1. The normalized spacial score (nSPS) is 12.2. The Hall–Kier alpha value is -1.33. The van der Waals surface area contributed by atoms with Crippen LogP contribution in [0.1, 0.15) is 21.8 Å². The topological polar surface area (TPSA) is 12.9 Å². The first-order chi connectivity index (χ1) is 8.99. The molecule has 1 heterocycles. The van der Waals surface area contributed by atoms with E-state index in [0.717, 1.165) is 22.8 Å². The van der Waals surface area contributed by atoms with Crippen molar-refractivity contribution in [3.63, 3.8) is 0 Å². The molecule has 0 spiro atoms. The van der Waals surface area contributed by atoms with Crippen LogP contribution in [-0.2, 0) is 12.1 Å². The number of alkyl halides is 4. The Bertz CT molecular complexity index is 572. The molecular formula is C13H9ClF3NS. The minimum absolute atomic E-state index is 0.352. The summed E-state index contributed by atoms with van der Waals surface area (Å²) in [5.74, 6) is 0.352. The van der Waals surface area contributed by atoms with Crippen LogP contribution in [-0.4, -0.2) is 4.98 Å². The third-order valence-corrected chi connectivity index (χ3v) is 3.50. The van der Waals surface area contributed by atoms with Gasteiger partial charge in [-0.25, -0.2) is 4.98 Å². The highest BCUT2D eigenvalue weighted by atomic mass is 35.5. The maximum atomic E-state index is 12.4. The van der Waals surface area contributed by atoms with E-state index < -0.39 is 11.7 Å². The Balaban J connectivity index is 2.11. The number of hydrogen-bond acceptors (Lipinski definition) is 2. The van der Waals surface area contributed by atoms with Crippen molar-refractivity contribution in [3.8, 4) is 0 Å². The predicted octanol–water partition coefficient (Wildman–Crippen LogP) is 5.07. The smallest absolute Gasteiger partial charge is 0.240 e. The molecule has 0 radical (unpaired) electrons. The lowest BCUT2D eigenvalue weighted by Gasteiger charge is -2.05. The molecule has 1 aromatic heterocycles. The first-order valence-corrected chi connectivity index (χ1v) is 6.76. The van der Waals surface area contributed by atoms with Crippen LogP contribution in [0.4, 0.5) is 13.2 Å². The predicted molar refractivity (Wildman–Crippen MR) is 72.0 cm³/mol.